The Bertz CT molecular complexity index is 504. The van der Waals surface area contributed by atoms with Crippen molar-refractivity contribution in [2.75, 3.05) is 5.73 Å². The number of nitrogen functional groups attached to an aromatic ring is 1. The average molecular weight is 250 g/mol. The summed E-state index contributed by atoms with van der Waals surface area (Å²) < 4.78 is 1.83. The second kappa shape index (κ2) is 5.01. The predicted octanol–water partition coefficient (Wildman–Crippen LogP) is 1.48. The molecule has 5 nitrogen and oxygen atoms in total. The van der Waals surface area contributed by atoms with Crippen molar-refractivity contribution < 1.29 is 4.79 Å². The van der Waals surface area contributed by atoms with Crippen LogP contribution in [0.3, 0.4) is 0 Å². The summed E-state index contributed by atoms with van der Waals surface area (Å²) in [5.74, 6) is -0.114. The van der Waals surface area contributed by atoms with E-state index >= 15 is 0 Å². The monoisotopic (exact) mass is 250 g/mol. The molecule has 0 spiro atoms. The van der Waals surface area contributed by atoms with Gasteiger partial charge in [0.15, 0.2) is 0 Å². The van der Waals surface area contributed by atoms with Gasteiger partial charge in [0.05, 0.1) is 17.7 Å². The van der Waals surface area contributed by atoms with Crippen molar-refractivity contribution in [2.24, 2.45) is 0 Å². The number of nitrogens with zero attached hydrogens (tertiary/aromatic N) is 2. The van der Waals surface area contributed by atoms with E-state index in [1.807, 2.05) is 11.5 Å². The molecule has 0 radical (unpaired) electrons. The molecule has 0 aliphatic heterocycles. The summed E-state index contributed by atoms with van der Waals surface area (Å²) in [5.41, 5.74) is 8.62. The van der Waals surface area contributed by atoms with E-state index in [1.165, 1.54) is 11.3 Å². The van der Waals surface area contributed by atoms with Crippen LogP contribution in [0.4, 0.5) is 5.69 Å². The molecule has 3 N–H and O–H groups in total. The van der Waals surface area contributed by atoms with E-state index in [0.717, 1.165) is 11.4 Å². The Kier molecular flexibility index (Phi) is 3.43. The van der Waals surface area contributed by atoms with Crippen molar-refractivity contribution in [2.45, 2.75) is 20.0 Å². The maximum atomic E-state index is 11.9. The molecule has 1 amide bonds. The Morgan fingerprint density at radius 3 is 3.12 bits per heavy atom. The molecule has 2 aromatic rings. The van der Waals surface area contributed by atoms with E-state index < -0.39 is 0 Å². The predicted molar refractivity (Wildman–Crippen MR) is 67.8 cm³/mol. The maximum Gasteiger partial charge on any atom is 0.268 e. The van der Waals surface area contributed by atoms with Gasteiger partial charge in [-0.25, -0.2) is 0 Å². The smallest absolute Gasteiger partial charge is 0.268 e. The fraction of sp³-hybridized carbons (Fsp3) is 0.273. The lowest BCUT2D eigenvalue weighted by atomic mass is 10.3. The first-order valence-corrected chi connectivity index (χ1v) is 6.20. The number of rotatable bonds is 4. The highest BCUT2D eigenvalue weighted by Crippen LogP contribution is 2.11. The summed E-state index contributed by atoms with van der Waals surface area (Å²) in [7, 11) is 0. The van der Waals surface area contributed by atoms with E-state index in [9.17, 15) is 4.79 Å². The van der Waals surface area contributed by atoms with E-state index in [1.54, 1.807) is 24.0 Å². The number of hydrogen-bond acceptors (Lipinski definition) is 4. The molecule has 17 heavy (non-hydrogen) atoms. The topological polar surface area (TPSA) is 72.9 Å². The molecule has 0 saturated carbocycles. The summed E-state index contributed by atoms with van der Waals surface area (Å²) in [6, 6.07) is 1.69. The second-order valence-corrected chi connectivity index (χ2v) is 4.57. The summed E-state index contributed by atoms with van der Waals surface area (Å²) in [4.78, 5) is 16.9. The number of anilines is 1. The Labute approximate surface area is 103 Å². The first kappa shape index (κ1) is 11.7. The Morgan fingerprint density at radius 1 is 1.65 bits per heavy atom. The molecule has 0 aliphatic rings. The molecule has 6 heteroatoms. The van der Waals surface area contributed by atoms with Gasteiger partial charge in [-0.2, -0.15) is 0 Å². The minimum absolute atomic E-state index is 0.114. The zero-order valence-corrected chi connectivity index (χ0v) is 10.3. The molecule has 0 fully saturated rings. The number of nitrogens with one attached hydrogen (secondary N) is 1. The van der Waals surface area contributed by atoms with Crippen LogP contribution in [-0.2, 0) is 13.1 Å². The van der Waals surface area contributed by atoms with Crippen LogP contribution in [0.25, 0.3) is 0 Å². The van der Waals surface area contributed by atoms with Gasteiger partial charge in [-0.1, -0.05) is 0 Å². The zero-order chi connectivity index (χ0) is 12.3. The minimum atomic E-state index is -0.114. The molecule has 0 unspecified atom stereocenters. The fourth-order valence-electron chi connectivity index (χ4n) is 1.57. The molecule has 0 atom stereocenters. The number of hydrogen-bond donors (Lipinski definition) is 2. The van der Waals surface area contributed by atoms with Crippen molar-refractivity contribution in [3.63, 3.8) is 0 Å². The Hall–Kier alpha value is -1.82. The van der Waals surface area contributed by atoms with Gasteiger partial charge in [0.1, 0.15) is 5.69 Å². The molecule has 0 aliphatic carbocycles. The van der Waals surface area contributed by atoms with Crippen molar-refractivity contribution in [3.8, 4) is 0 Å². The van der Waals surface area contributed by atoms with Gasteiger partial charge >= 0.3 is 0 Å². The summed E-state index contributed by atoms with van der Waals surface area (Å²) in [6.07, 6.45) is 3.51. The van der Waals surface area contributed by atoms with Crippen LogP contribution in [0, 0.1) is 0 Å². The van der Waals surface area contributed by atoms with Gasteiger partial charge in [0.2, 0.25) is 0 Å². The molecule has 0 aromatic carbocycles. The van der Waals surface area contributed by atoms with E-state index in [4.69, 9.17) is 5.73 Å². The highest BCUT2D eigenvalue weighted by molar-refractivity contribution is 7.09. The first-order valence-electron chi connectivity index (χ1n) is 5.32. The molecule has 2 aromatic heterocycles. The molecular weight excluding hydrogens is 236 g/mol. The number of carbonyl (C=O) groups excluding carboxylic acids is 1. The molecular formula is C11H14N4OS. The zero-order valence-electron chi connectivity index (χ0n) is 9.51. The van der Waals surface area contributed by atoms with Gasteiger partial charge < -0.3 is 15.6 Å². The van der Waals surface area contributed by atoms with Crippen LogP contribution >= 0.6 is 11.3 Å². The van der Waals surface area contributed by atoms with Crippen molar-refractivity contribution in [3.05, 3.63) is 34.5 Å². The number of carbonyl (C=O) groups is 1. The number of thiazole rings is 1. The van der Waals surface area contributed by atoms with Crippen LogP contribution < -0.4 is 11.1 Å². The maximum absolute atomic E-state index is 11.9. The lowest BCUT2D eigenvalue weighted by molar-refractivity contribution is 0.0942. The number of aromatic nitrogens is 2. The Balaban J connectivity index is 2.04. The fourth-order valence-corrected chi connectivity index (χ4v) is 2.11. The van der Waals surface area contributed by atoms with Gasteiger partial charge in [0.25, 0.3) is 5.91 Å². The van der Waals surface area contributed by atoms with Crippen LogP contribution in [0.1, 0.15) is 22.3 Å². The third-order valence-corrected chi connectivity index (χ3v) is 3.18. The third kappa shape index (κ3) is 2.65. The van der Waals surface area contributed by atoms with Crippen LogP contribution in [0.15, 0.2) is 24.0 Å². The summed E-state index contributed by atoms with van der Waals surface area (Å²) in [5, 5.41) is 2.84. The van der Waals surface area contributed by atoms with Crippen molar-refractivity contribution >= 4 is 22.9 Å². The second-order valence-electron chi connectivity index (χ2n) is 3.60. The quantitative estimate of drug-likeness (QED) is 0.863. The Morgan fingerprint density at radius 2 is 2.47 bits per heavy atom. The van der Waals surface area contributed by atoms with Crippen LogP contribution in [-0.4, -0.2) is 15.5 Å². The van der Waals surface area contributed by atoms with Gasteiger partial charge in [-0.15, -0.1) is 11.3 Å². The molecule has 2 rings (SSSR count). The van der Waals surface area contributed by atoms with E-state index in [0.29, 0.717) is 17.9 Å². The van der Waals surface area contributed by atoms with Crippen LogP contribution in [0.5, 0.6) is 0 Å². The molecule has 0 bridgehead atoms. The van der Waals surface area contributed by atoms with Gasteiger partial charge in [-0.05, 0) is 13.0 Å². The number of amides is 1. The van der Waals surface area contributed by atoms with Gasteiger partial charge in [-0.3, -0.25) is 9.78 Å². The summed E-state index contributed by atoms with van der Waals surface area (Å²) in [6.45, 7) is 3.19. The van der Waals surface area contributed by atoms with Crippen LogP contribution in [0.2, 0.25) is 0 Å². The highest BCUT2D eigenvalue weighted by atomic mass is 32.1. The van der Waals surface area contributed by atoms with E-state index in [-0.39, 0.29) is 5.91 Å². The highest BCUT2D eigenvalue weighted by Gasteiger charge is 2.11. The average Bonchev–Trinajstić information content (AvgIpc) is 2.94. The minimum Gasteiger partial charge on any atom is -0.397 e. The standard InChI is InChI=1S/C11H14N4OS/c1-2-15-6-8(12)3-10(15)11(16)14-5-9-4-13-7-17-9/h3-4,6-7H,2,5,12H2,1H3,(H,14,16). The molecule has 90 valence electrons. The lowest BCUT2D eigenvalue weighted by Crippen LogP contribution is -2.24. The summed E-state index contributed by atoms with van der Waals surface area (Å²) >= 11 is 1.52. The lowest BCUT2D eigenvalue weighted by Gasteiger charge is -2.06. The first-order chi connectivity index (χ1) is 8.20. The third-order valence-electron chi connectivity index (χ3n) is 2.40. The molecule has 0 saturated heterocycles. The van der Waals surface area contributed by atoms with E-state index in [2.05, 4.69) is 10.3 Å². The molecule has 2 heterocycles. The normalized spacial score (nSPS) is 10.4. The number of nitrogens with two attached hydrogens (primary N) is 1. The largest absolute Gasteiger partial charge is 0.397 e. The van der Waals surface area contributed by atoms with Crippen molar-refractivity contribution in [1.82, 2.24) is 14.9 Å². The number of aryl methyl sites for hydroxylation is 1. The van der Waals surface area contributed by atoms with Crippen molar-refractivity contribution in [1.29, 1.82) is 0 Å². The van der Waals surface area contributed by atoms with Gasteiger partial charge in [0, 0.05) is 23.8 Å². The SMILES string of the molecule is CCn1cc(N)cc1C(=O)NCc1cncs1.